The molecule has 5 heteroatoms. The van der Waals surface area contributed by atoms with E-state index in [4.69, 9.17) is 0 Å². The van der Waals surface area contributed by atoms with Gasteiger partial charge < -0.3 is 5.32 Å². The van der Waals surface area contributed by atoms with Crippen LogP contribution in [-0.4, -0.2) is 21.7 Å². The fourth-order valence-electron chi connectivity index (χ4n) is 2.02. The summed E-state index contributed by atoms with van der Waals surface area (Å²) in [4.78, 5) is 13.6. The first kappa shape index (κ1) is 9.45. The van der Waals surface area contributed by atoms with E-state index in [1.807, 2.05) is 0 Å². The summed E-state index contributed by atoms with van der Waals surface area (Å²) in [6, 6.07) is 0.215. The monoisotopic (exact) mass is 196 g/mol. The van der Waals surface area contributed by atoms with Gasteiger partial charge in [0.15, 0.2) is 0 Å². The summed E-state index contributed by atoms with van der Waals surface area (Å²) >= 11 is 0. The zero-order valence-corrected chi connectivity index (χ0v) is 8.34. The van der Waals surface area contributed by atoms with Gasteiger partial charge in [0.2, 0.25) is 0 Å². The molecule has 2 heterocycles. The predicted octanol–water partition coefficient (Wildman–Crippen LogP) is 0.549. The second-order valence-electron chi connectivity index (χ2n) is 3.87. The number of nitrogens with one attached hydrogen (secondary N) is 3. The molecular weight excluding hydrogens is 180 g/mol. The van der Waals surface area contributed by atoms with Crippen molar-refractivity contribution < 1.29 is 0 Å². The second-order valence-corrected chi connectivity index (χ2v) is 3.87. The number of piperidine rings is 1. The third-order valence-electron chi connectivity index (χ3n) is 2.94. The van der Waals surface area contributed by atoms with Gasteiger partial charge in [0.05, 0.1) is 6.04 Å². The van der Waals surface area contributed by atoms with E-state index in [1.54, 1.807) is 0 Å². The standard InChI is InChI=1S/C9H16N4O/c1-2-6-3-4-10-7(5-6)8-11-9(14)13-12-8/h6-7,10H,2-5H2,1H3,(H2,11,12,13,14). The molecule has 1 aliphatic rings. The molecule has 2 rings (SSSR count). The van der Waals surface area contributed by atoms with Crippen LogP contribution >= 0.6 is 0 Å². The summed E-state index contributed by atoms with van der Waals surface area (Å²) in [7, 11) is 0. The first-order valence-electron chi connectivity index (χ1n) is 5.17. The molecule has 0 amide bonds. The highest BCUT2D eigenvalue weighted by Crippen LogP contribution is 2.26. The van der Waals surface area contributed by atoms with Crippen LogP contribution in [0.15, 0.2) is 4.79 Å². The quantitative estimate of drug-likeness (QED) is 0.646. The Bertz CT molecular complexity index is 343. The summed E-state index contributed by atoms with van der Waals surface area (Å²) in [5.74, 6) is 1.50. The van der Waals surface area contributed by atoms with Crippen molar-refractivity contribution in [3.8, 4) is 0 Å². The minimum absolute atomic E-state index is 0.215. The average molecular weight is 196 g/mol. The SMILES string of the molecule is CCC1CCNC(c2n[nH]c(=O)[nH]2)C1. The Morgan fingerprint density at radius 3 is 3.07 bits per heavy atom. The van der Waals surface area contributed by atoms with Crippen LogP contribution in [0.1, 0.15) is 38.1 Å². The Kier molecular flexibility index (Phi) is 2.67. The van der Waals surface area contributed by atoms with Gasteiger partial charge in [-0.2, -0.15) is 5.10 Å². The lowest BCUT2D eigenvalue weighted by molar-refractivity contribution is 0.291. The van der Waals surface area contributed by atoms with E-state index in [0.717, 1.165) is 24.7 Å². The average Bonchev–Trinajstić information content (AvgIpc) is 2.65. The molecule has 2 unspecified atom stereocenters. The van der Waals surface area contributed by atoms with E-state index < -0.39 is 0 Å². The topological polar surface area (TPSA) is 73.6 Å². The Morgan fingerprint density at radius 2 is 2.43 bits per heavy atom. The Balaban J connectivity index is 2.07. The molecule has 0 bridgehead atoms. The van der Waals surface area contributed by atoms with Gasteiger partial charge in [0.1, 0.15) is 5.82 Å². The van der Waals surface area contributed by atoms with Gasteiger partial charge in [-0.1, -0.05) is 13.3 Å². The number of aromatic amines is 2. The summed E-state index contributed by atoms with van der Waals surface area (Å²) in [5.41, 5.74) is -0.222. The lowest BCUT2D eigenvalue weighted by Crippen LogP contribution is -2.32. The van der Waals surface area contributed by atoms with Crippen molar-refractivity contribution >= 4 is 0 Å². The summed E-state index contributed by atoms with van der Waals surface area (Å²) in [5, 5.41) is 9.71. The van der Waals surface area contributed by atoms with Crippen LogP contribution in [-0.2, 0) is 0 Å². The van der Waals surface area contributed by atoms with Crippen LogP contribution in [0.3, 0.4) is 0 Å². The zero-order valence-electron chi connectivity index (χ0n) is 8.34. The number of H-pyrrole nitrogens is 2. The highest BCUT2D eigenvalue weighted by Gasteiger charge is 2.23. The fraction of sp³-hybridized carbons (Fsp3) is 0.778. The third kappa shape index (κ3) is 1.87. The Hall–Kier alpha value is -1.10. The maximum absolute atomic E-state index is 10.9. The minimum Gasteiger partial charge on any atom is -0.307 e. The highest BCUT2D eigenvalue weighted by atomic mass is 16.1. The van der Waals surface area contributed by atoms with Gasteiger partial charge in [-0.25, -0.2) is 9.89 Å². The first-order chi connectivity index (χ1) is 6.79. The molecule has 14 heavy (non-hydrogen) atoms. The van der Waals surface area contributed by atoms with Gasteiger partial charge in [0.25, 0.3) is 0 Å². The maximum atomic E-state index is 10.9. The molecule has 1 aromatic rings. The van der Waals surface area contributed by atoms with Gasteiger partial charge in [0, 0.05) is 0 Å². The molecule has 1 aromatic heterocycles. The number of hydrogen-bond donors (Lipinski definition) is 3. The molecule has 1 fully saturated rings. The van der Waals surface area contributed by atoms with E-state index >= 15 is 0 Å². The number of hydrogen-bond acceptors (Lipinski definition) is 3. The van der Waals surface area contributed by atoms with E-state index in [0.29, 0.717) is 0 Å². The van der Waals surface area contributed by atoms with E-state index in [-0.39, 0.29) is 11.7 Å². The molecule has 3 N–H and O–H groups in total. The van der Waals surface area contributed by atoms with Crippen LogP contribution in [0.2, 0.25) is 0 Å². The maximum Gasteiger partial charge on any atom is 0.340 e. The normalized spacial score (nSPS) is 27.8. The molecule has 1 aliphatic heterocycles. The zero-order chi connectivity index (χ0) is 9.97. The van der Waals surface area contributed by atoms with Gasteiger partial charge in [-0.05, 0) is 25.3 Å². The van der Waals surface area contributed by atoms with Crippen molar-refractivity contribution in [1.29, 1.82) is 0 Å². The minimum atomic E-state index is -0.222. The molecular formula is C9H16N4O. The summed E-state index contributed by atoms with van der Waals surface area (Å²) in [6.07, 6.45) is 3.49. The molecule has 0 saturated carbocycles. The summed E-state index contributed by atoms with van der Waals surface area (Å²) < 4.78 is 0. The van der Waals surface area contributed by atoms with Crippen molar-refractivity contribution in [3.05, 3.63) is 16.3 Å². The molecule has 0 spiro atoms. The predicted molar refractivity (Wildman–Crippen MR) is 53.0 cm³/mol. The molecule has 1 saturated heterocycles. The molecule has 0 aliphatic carbocycles. The Labute approximate surface area is 82.3 Å². The van der Waals surface area contributed by atoms with Gasteiger partial charge in [-0.3, -0.25) is 4.98 Å². The number of nitrogens with zero attached hydrogens (tertiary/aromatic N) is 1. The van der Waals surface area contributed by atoms with Crippen LogP contribution < -0.4 is 11.0 Å². The van der Waals surface area contributed by atoms with Crippen LogP contribution in [0, 0.1) is 5.92 Å². The number of rotatable bonds is 2. The molecule has 0 radical (unpaired) electrons. The third-order valence-corrected chi connectivity index (χ3v) is 2.94. The van der Waals surface area contributed by atoms with Crippen LogP contribution in [0.25, 0.3) is 0 Å². The van der Waals surface area contributed by atoms with Crippen molar-refractivity contribution in [1.82, 2.24) is 20.5 Å². The largest absolute Gasteiger partial charge is 0.340 e. The summed E-state index contributed by atoms with van der Waals surface area (Å²) in [6.45, 7) is 3.22. The lowest BCUT2D eigenvalue weighted by atomic mass is 9.90. The highest BCUT2D eigenvalue weighted by molar-refractivity contribution is 4.94. The van der Waals surface area contributed by atoms with Crippen molar-refractivity contribution in [2.24, 2.45) is 5.92 Å². The lowest BCUT2D eigenvalue weighted by Gasteiger charge is -2.27. The first-order valence-corrected chi connectivity index (χ1v) is 5.17. The molecule has 5 nitrogen and oxygen atoms in total. The molecule has 2 atom stereocenters. The smallest absolute Gasteiger partial charge is 0.307 e. The van der Waals surface area contributed by atoms with Crippen molar-refractivity contribution in [3.63, 3.8) is 0 Å². The van der Waals surface area contributed by atoms with Crippen molar-refractivity contribution in [2.75, 3.05) is 6.54 Å². The molecule has 78 valence electrons. The fourth-order valence-corrected chi connectivity index (χ4v) is 2.02. The number of aromatic nitrogens is 3. The van der Waals surface area contributed by atoms with Gasteiger partial charge >= 0.3 is 5.69 Å². The Morgan fingerprint density at radius 1 is 1.57 bits per heavy atom. The second kappa shape index (κ2) is 3.96. The van der Waals surface area contributed by atoms with Crippen molar-refractivity contribution in [2.45, 2.75) is 32.2 Å². The van der Waals surface area contributed by atoms with Crippen LogP contribution in [0.4, 0.5) is 0 Å². The van der Waals surface area contributed by atoms with Crippen LogP contribution in [0.5, 0.6) is 0 Å². The van der Waals surface area contributed by atoms with E-state index in [9.17, 15) is 4.79 Å². The molecule has 0 aromatic carbocycles. The van der Waals surface area contributed by atoms with Gasteiger partial charge in [-0.15, -0.1) is 0 Å². The van der Waals surface area contributed by atoms with E-state index in [1.165, 1.54) is 12.8 Å². The van der Waals surface area contributed by atoms with E-state index in [2.05, 4.69) is 27.4 Å².